The van der Waals surface area contributed by atoms with Crippen molar-refractivity contribution < 1.29 is 14.3 Å². The number of nitrogens with zero attached hydrogens (tertiary/aromatic N) is 1. The van der Waals surface area contributed by atoms with Crippen molar-refractivity contribution >= 4 is 5.91 Å². The van der Waals surface area contributed by atoms with Gasteiger partial charge in [0.05, 0.1) is 5.69 Å². The molecule has 0 bridgehead atoms. The fraction of sp³-hybridized carbons (Fsp3) is 0.556. The highest BCUT2D eigenvalue weighted by Crippen LogP contribution is 2.04. The van der Waals surface area contributed by atoms with Crippen molar-refractivity contribution in [2.75, 3.05) is 13.2 Å². The Bertz CT molecular complexity index is 309. The van der Waals surface area contributed by atoms with Gasteiger partial charge in [-0.15, -0.1) is 0 Å². The molecule has 1 aromatic rings. The summed E-state index contributed by atoms with van der Waals surface area (Å²) in [5.74, 6) is -0.0161. The Morgan fingerprint density at radius 1 is 1.79 bits per heavy atom. The lowest BCUT2D eigenvalue weighted by molar-refractivity contribution is 0.0913. The van der Waals surface area contributed by atoms with Gasteiger partial charge in [0, 0.05) is 13.2 Å². The Balaban J connectivity index is 2.47. The zero-order valence-electron chi connectivity index (χ0n) is 8.28. The number of aliphatic hydroxyl groups is 1. The molecule has 78 valence electrons. The van der Waals surface area contributed by atoms with E-state index in [0.717, 1.165) is 0 Å². The quantitative estimate of drug-likeness (QED) is 0.731. The molecule has 0 aromatic carbocycles. The smallest absolute Gasteiger partial charge is 0.289 e. The summed E-state index contributed by atoms with van der Waals surface area (Å²) in [6, 6.07) is 0. The molecule has 1 amide bonds. The summed E-state index contributed by atoms with van der Waals surface area (Å²) in [6.45, 7) is 4.02. The van der Waals surface area contributed by atoms with Gasteiger partial charge in [0.2, 0.25) is 5.76 Å². The van der Waals surface area contributed by atoms with Gasteiger partial charge in [0.15, 0.2) is 6.39 Å². The number of oxazole rings is 1. The van der Waals surface area contributed by atoms with Gasteiger partial charge < -0.3 is 14.8 Å². The summed E-state index contributed by atoms with van der Waals surface area (Å²) in [5, 5.41) is 11.4. The van der Waals surface area contributed by atoms with Crippen LogP contribution in [-0.2, 0) is 0 Å². The molecule has 1 aromatic heterocycles. The van der Waals surface area contributed by atoms with Gasteiger partial charge in [0.25, 0.3) is 5.91 Å². The largest absolute Gasteiger partial charge is 0.438 e. The van der Waals surface area contributed by atoms with E-state index in [-0.39, 0.29) is 24.2 Å². The van der Waals surface area contributed by atoms with Gasteiger partial charge in [-0.3, -0.25) is 4.79 Å². The molecular weight excluding hydrogens is 184 g/mol. The zero-order valence-corrected chi connectivity index (χ0v) is 8.28. The van der Waals surface area contributed by atoms with Crippen LogP contribution in [0.2, 0.25) is 0 Å². The minimum absolute atomic E-state index is 0.0437. The lowest BCUT2D eigenvalue weighted by Crippen LogP contribution is -2.29. The Hall–Kier alpha value is -1.36. The summed E-state index contributed by atoms with van der Waals surface area (Å²) in [6.07, 6.45) is 1.24. The second-order valence-corrected chi connectivity index (χ2v) is 3.26. The van der Waals surface area contributed by atoms with E-state index in [1.807, 2.05) is 6.92 Å². The number of aromatic nitrogens is 1. The average molecular weight is 198 g/mol. The molecular formula is C9H14N2O3. The number of carbonyl (C=O) groups is 1. The standard InChI is InChI=1S/C9H14N2O3/c1-6(4-12)3-10-9(13)8-7(2)11-5-14-8/h5-6,12H,3-4H2,1-2H3,(H,10,13). The summed E-state index contributed by atoms with van der Waals surface area (Å²) in [4.78, 5) is 15.2. The summed E-state index contributed by atoms with van der Waals surface area (Å²) < 4.78 is 4.91. The first kappa shape index (κ1) is 10.7. The van der Waals surface area contributed by atoms with Crippen LogP contribution in [0.3, 0.4) is 0 Å². The minimum Gasteiger partial charge on any atom is -0.438 e. The lowest BCUT2D eigenvalue weighted by Gasteiger charge is -2.07. The van der Waals surface area contributed by atoms with E-state index >= 15 is 0 Å². The first-order chi connectivity index (χ1) is 6.65. The fourth-order valence-corrected chi connectivity index (χ4v) is 0.932. The Kier molecular flexibility index (Phi) is 3.64. The SMILES string of the molecule is Cc1ncoc1C(=O)NCC(C)CO. The van der Waals surface area contributed by atoms with Crippen LogP contribution in [0.15, 0.2) is 10.8 Å². The molecule has 1 rings (SSSR count). The number of hydrogen-bond donors (Lipinski definition) is 2. The van der Waals surface area contributed by atoms with Crippen molar-refractivity contribution in [3.05, 3.63) is 17.8 Å². The second-order valence-electron chi connectivity index (χ2n) is 3.26. The van der Waals surface area contributed by atoms with Gasteiger partial charge in [-0.05, 0) is 12.8 Å². The van der Waals surface area contributed by atoms with Crippen LogP contribution in [-0.4, -0.2) is 29.1 Å². The van der Waals surface area contributed by atoms with E-state index in [9.17, 15) is 4.79 Å². The van der Waals surface area contributed by atoms with Crippen LogP contribution in [0.4, 0.5) is 0 Å². The minimum atomic E-state index is -0.291. The molecule has 14 heavy (non-hydrogen) atoms. The van der Waals surface area contributed by atoms with Gasteiger partial charge in [-0.25, -0.2) is 4.98 Å². The Morgan fingerprint density at radius 2 is 2.50 bits per heavy atom. The molecule has 1 unspecified atom stereocenters. The maximum absolute atomic E-state index is 11.4. The predicted octanol–water partition coefficient (Wildman–Crippen LogP) is 0.341. The number of rotatable bonds is 4. The van der Waals surface area contributed by atoms with Crippen LogP contribution < -0.4 is 5.32 Å². The number of aryl methyl sites for hydroxylation is 1. The first-order valence-corrected chi connectivity index (χ1v) is 4.44. The highest BCUT2D eigenvalue weighted by atomic mass is 16.3. The Labute approximate surface area is 82.1 Å². The predicted molar refractivity (Wildman–Crippen MR) is 49.8 cm³/mol. The molecule has 5 nitrogen and oxygen atoms in total. The molecule has 1 atom stereocenters. The lowest BCUT2D eigenvalue weighted by atomic mass is 10.2. The van der Waals surface area contributed by atoms with Gasteiger partial charge in [-0.2, -0.15) is 0 Å². The van der Waals surface area contributed by atoms with Crippen LogP contribution in [0, 0.1) is 12.8 Å². The second kappa shape index (κ2) is 4.76. The van der Waals surface area contributed by atoms with Crippen molar-refractivity contribution in [1.82, 2.24) is 10.3 Å². The molecule has 2 N–H and O–H groups in total. The average Bonchev–Trinajstić information content (AvgIpc) is 2.60. The Morgan fingerprint density at radius 3 is 3.00 bits per heavy atom. The third kappa shape index (κ3) is 2.56. The van der Waals surface area contributed by atoms with E-state index in [0.29, 0.717) is 12.2 Å². The molecule has 0 fully saturated rings. The third-order valence-corrected chi connectivity index (χ3v) is 1.87. The van der Waals surface area contributed by atoms with E-state index in [2.05, 4.69) is 10.3 Å². The molecule has 0 aliphatic carbocycles. The topological polar surface area (TPSA) is 75.4 Å². The van der Waals surface area contributed by atoms with Crippen molar-refractivity contribution in [1.29, 1.82) is 0 Å². The number of hydrogen-bond acceptors (Lipinski definition) is 4. The molecule has 0 saturated heterocycles. The maximum atomic E-state index is 11.4. The van der Waals surface area contributed by atoms with E-state index in [1.54, 1.807) is 6.92 Å². The molecule has 1 heterocycles. The normalized spacial score (nSPS) is 12.5. The van der Waals surface area contributed by atoms with Gasteiger partial charge in [0.1, 0.15) is 0 Å². The van der Waals surface area contributed by atoms with E-state index in [1.165, 1.54) is 6.39 Å². The molecule has 0 radical (unpaired) electrons. The maximum Gasteiger partial charge on any atom is 0.289 e. The number of amides is 1. The molecule has 5 heteroatoms. The van der Waals surface area contributed by atoms with Crippen LogP contribution in [0.1, 0.15) is 23.2 Å². The number of nitrogens with one attached hydrogen (secondary N) is 1. The summed E-state index contributed by atoms with van der Waals surface area (Å²) >= 11 is 0. The van der Waals surface area contributed by atoms with E-state index < -0.39 is 0 Å². The highest BCUT2D eigenvalue weighted by Gasteiger charge is 2.13. The number of carbonyl (C=O) groups excluding carboxylic acids is 1. The molecule has 0 aliphatic heterocycles. The van der Waals surface area contributed by atoms with Crippen LogP contribution in [0.5, 0.6) is 0 Å². The van der Waals surface area contributed by atoms with Crippen molar-refractivity contribution in [3.63, 3.8) is 0 Å². The highest BCUT2D eigenvalue weighted by molar-refractivity contribution is 5.92. The monoisotopic (exact) mass is 198 g/mol. The van der Waals surface area contributed by atoms with Gasteiger partial charge in [-0.1, -0.05) is 6.92 Å². The molecule has 0 aliphatic rings. The van der Waals surface area contributed by atoms with Crippen molar-refractivity contribution in [2.45, 2.75) is 13.8 Å². The summed E-state index contributed by atoms with van der Waals surface area (Å²) in [5.41, 5.74) is 0.569. The van der Waals surface area contributed by atoms with Crippen LogP contribution >= 0.6 is 0 Å². The van der Waals surface area contributed by atoms with Crippen molar-refractivity contribution in [2.24, 2.45) is 5.92 Å². The van der Waals surface area contributed by atoms with E-state index in [4.69, 9.17) is 9.52 Å². The fourth-order valence-electron chi connectivity index (χ4n) is 0.932. The molecule has 0 saturated carbocycles. The number of aliphatic hydroxyl groups excluding tert-OH is 1. The first-order valence-electron chi connectivity index (χ1n) is 4.44. The van der Waals surface area contributed by atoms with Crippen molar-refractivity contribution in [3.8, 4) is 0 Å². The third-order valence-electron chi connectivity index (χ3n) is 1.87. The van der Waals surface area contributed by atoms with Crippen LogP contribution in [0.25, 0.3) is 0 Å². The molecule has 0 spiro atoms. The van der Waals surface area contributed by atoms with Gasteiger partial charge >= 0.3 is 0 Å². The zero-order chi connectivity index (χ0) is 10.6. The summed E-state index contributed by atoms with van der Waals surface area (Å²) in [7, 11) is 0.